The van der Waals surface area contributed by atoms with Crippen LogP contribution in [-0.2, 0) is 25.5 Å². The van der Waals surface area contributed by atoms with E-state index in [-0.39, 0.29) is 25.3 Å². The molecule has 1 amide bonds. The van der Waals surface area contributed by atoms with Crippen LogP contribution in [-0.4, -0.2) is 41.8 Å². The lowest BCUT2D eigenvalue weighted by molar-refractivity contribution is -0.146. The third kappa shape index (κ3) is 10.0. The van der Waals surface area contributed by atoms with Crippen LogP contribution < -0.4 is 20.7 Å². The minimum Gasteiger partial charge on any atom is -0.460 e. The van der Waals surface area contributed by atoms with E-state index in [9.17, 15) is 19.3 Å². The Morgan fingerprint density at radius 3 is 2.37 bits per heavy atom. The molecule has 2 rings (SSSR count). The summed E-state index contributed by atoms with van der Waals surface area (Å²) >= 11 is 0. The van der Waals surface area contributed by atoms with Gasteiger partial charge in [0.05, 0.1) is 18.8 Å². The van der Waals surface area contributed by atoms with E-state index in [1.54, 1.807) is 75.4 Å². The number of aliphatic hydroxyl groups is 1. The van der Waals surface area contributed by atoms with Crippen LogP contribution in [0.5, 0.6) is 5.75 Å². The summed E-state index contributed by atoms with van der Waals surface area (Å²) in [6.07, 6.45) is 2.31. The number of esters is 1. The smallest absolute Gasteiger partial charge is 0.323 e. The van der Waals surface area contributed by atoms with Crippen LogP contribution in [0, 0.1) is 0 Å². The second-order valence-electron chi connectivity index (χ2n) is 8.23. The van der Waals surface area contributed by atoms with Crippen LogP contribution >= 0.6 is 7.52 Å². The third-order valence-electron chi connectivity index (χ3n) is 4.92. The topological polar surface area (TPSA) is 140 Å². The molecule has 2 aromatic carbocycles. The van der Waals surface area contributed by atoms with Gasteiger partial charge in [-0.25, -0.2) is 5.09 Å². The standard InChI is InChI=1S/C25H34N3O6P/c1-18(16-29)8-7-15-35(32,34-23-9-5-4-6-10-23)28-20(3)25(31)33-17-21-11-13-22(14-12-21)27-24(30)19(2)26/h4-6,8-14,19-20,29H,7,15-17,26H2,1-3H3,(H,27,30)(H,28,32)/b18-8+/t19-,20-,35?/m0/s1. The fraction of sp³-hybridized carbons (Fsp3) is 0.360. The van der Waals surface area contributed by atoms with Crippen LogP contribution in [0.25, 0.3) is 0 Å². The van der Waals surface area contributed by atoms with E-state index in [2.05, 4.69) is 10.4 Å². The molecule has 0 aromatic heterocycles. The number of aliphatic hydroxyl groups excluding tert-OH is 1. The van der Waals surface area contributed by atoms with Gasteiger partial charge in [0.2, 0.25) is 5.91 Å². The number of nitrogens with two attached hydrogens (primary N) is 1. The quantitative estimate of drug-likeness (QED) is 0.185. The molecular formula is C25H34N3O6P. The molecular weight excluding hydrogens is 469 g/mol. The lowest BCUT2D eigenvalue weighted by atomic mass is 10.2. The van der Waals surface area contributed by atoms with Gasteiger partial charge in [-0.15, -0.1) is 0 Å². The summed E-state index contributed by atoms with van der Waals surface area (Å²) in [6.45, 7) is 4.85. The first-order valence-electron chi connectivity index (χ1n) is 11.3. The molecule has 0 aliphatic rings. The van der Waals surface area contributed by atoms with E-state index in [0.717, 1.165) is 11.1 Å². The first kappa shape index (κ1) is 28.3. The van der Waals surface area contributed by atoms with Crippen LogP contribution in [0.15, 0.2) is 66.2 Å². The minimum atomic E-state index is -3.47. The number of rotatable bonds is 13. The van der Waals surface area contributed by atoms with Crippen molar-refractivity contribution in [1.29, 1.82) is 0 Å². The first-order valence-corrected chi connectivity index (χ1v) is 13.1. The zero-order chi connectivity index (χ0) is 25.8. The van der Waals surface area contributed by atoms with Crippen LogP contribution in [0.1, 0.15) is 32.8 Å². The SMILES string of the molecule is C/C(=C\CCP(=O)(N[C@@H](C)C(=O)OCc1ccc(NC(=O)[C@H](C)N)cc1)Oc1ccccc1)CO. The lowest BCUT2D eigenvalue weighted by Crippen LogP contribution is -2.35. The number of allylic oxidation sites excluding steroid dienone is 1. The molecule has 0 aliphatic carbocycles. The Kier molecular flexibility index (Phi) is 11.1. The van der Waals surface area contributed by atoms with Crippen molar-refractivity contribution >= 4 is 25.1 Å². The van der Waals surface area contributed by atoms with Gasteiger partial charge >= 0.3 is 13.5 Å². The highest BCUT2D eigenvalue weighted by molar-refractivity contribution is 7.57. The molecule has 0 radical (unpaired) electrons. The molecule has 0 saturated heterocycles. The van der Waals surface area contributed by atoms with Crippen molar-refractivity contribution in [2.75, 3.05) is 18.1 Å². The maximum atomic E-state index is 13.5. The summed E-state index contributed by atoms with van der Waals surface area (Å²) in [5, 5.41) is 14.7. The molecule has 10 heteroatoms. The van der Waals surface area contributed by atoms with E-state index in [0.29, 0.717) is 17.9 Å². The van der Waals surface area contributed by atoms with Crippen molar-refractivity contribution < 1.29 is 28.5 Å². The second-order valence-corrected chi connectivity index (χ2v) is 10.5. The van der Waals surface area contributed by atoms with E-state index in [4.69, 9.17) is 15.0 Å². The number of carbonyl (C=O) groups is 2. The summed E-state index contributed by atoms with van der Waals surface area (Å²) < 4.78 is 24.7. The van der Waals surface area contributed by atoms with Crippen LogP contribution in [0.4, 0.5) is 5.69 Å². The van der Waals surface area contributed by atoms with Gasteiger partial charge in [-0.2, -0.15) is 0 Å². The Morgan fingerprint density at radius 1 is 1.11 bits per heavy atom. The molecule has 0 aliphatic heterocycles. The van der Waals surface area contributed by atoms with Crippen molar-refractivity contribution in [1.82, 2.24) is 5.09 Å². The van der Waals surface area contributed by atoms with Gasteiger partial charge < -0.3 is 25.4 Å². The fourth-order valence-corrected chi connectivity index (χ4v) is 4.80. The van der Waals surface area contributed by atoms with Gasteiger partial charge in [0, 0.05) is 5.69 Å². The molecule has 35 heavy (non-hydrogen) atoms. The molecule has 1 unspecified atom stereocenters. The van der Waals surface area contributed by atoms with E-state index < -0.39 is 25.6 Å². The number of hydrogen-bond donors (Lipinski definition) is 4. The Balaban J connectivity index is 1.97. The Morgan fingerprint density at radius 2 is 1.77 bits per heavy atom. The number of nitrogens with one attached hydrogen (secondary N) is 2. The average Bonchev–Trinajstić information content (AvgIpc) is 2.83. The lowest BCUT2D eigenvalue weighted by Gasteiger charge is -2.23. The normalized spacial score (nSPS) is 14.9. The summed E-state index contributed by atoms with van der Waals surface area (Å²) in [6, 6.07) is 14.0. The molecule has 0 spiro atoms. The summed E-state index contributed by atoms with van der Waals surface area (Å²) in [7, 11) is -3.47. The zero-order valence-electron chi connectivity index (χ0n) is 20.3. The number of ether oxygens (including phenoxy) is 1. The zero-order valence-corrected chi connectivity index (χ0v) is 21.2. The maximum absolute atomic E-state index is 13.5. The average molecular weight is 504 g/mol. The van der Waals surface area contributed by atoms with Crippen molar-refractivity contribution in [3.63, 3.8) is 0 Å². The largest absolute Gasteiger partial charge is 0.460 e. The first-order chi connectivity index (χ1) is 16.6. The molecule has 0 heterocycles. The Bertz CT molecular complexity index is 1040. The molecule has 0 saturated carbocycles. The highest BCUT2D eigenvalue weighted by Crippen LogP contribution is 2.44. The number of benzene rings is 2. The van der Waals surface area contributed by atoms with Crippen molar-refractivity contribution in [2.45, 2.75) is 45.9 Å². The number of hydrogen-bond acceptors (Lipinski definition) is 7. The second kappa shape index (κ2) is 13.8. The molecule has 2 aromatic rings. The predicted octanol–water partition coefficient (Wildman–Crippen LogP) is 3.59. The number of anilines is 1. The monoisotopic (exact) mass is 503 g/mol. The van der Waals surface area contributed by atoms with Crippen molar-refractivity contribution in [2.24, 2.45) is 5.73 Å². The maximum Gasteiger partial charge on any atom is 0.323 e. The van der Waals surface area contributed by atoms with Gasteiger partial charge in [0.25, 0.3) is 0 Å². The summed E-state index contributed by atoms with van der Waals surface area (Å²) in [5.41, 5.74) is 7.60. The van der Waals surface area contributed by atoms with Crippen molar-refractivity contribution in [3.8, 4) is 5.75 Å². The Hall–Kier alpha value is -2.97. The molecule has 5 N–H and O–H groups in total. The Labute approximate surface area is 206 Å². The van der Waals surface area contributed by atoms with E-state index >= 15 is 0 Å². The van der Waals surface area contributed by atoms with Gasteiger partial charge in [-0.3, -0.25) is 14.2 Å². The minimum absolute atomic E-state index is 0.00858. The molecule has 0 fully saturated rings. The predicted molar refractivity (Wildman–Crippen MR) is 136 cm³/mol. The van der Waals surface area contributed by atoms with Gasteiger partial charge in [0.15, 0.2) is 0 Å². The molecule has 190 valence electrons. The molecule has 9 nitrogen and oxygen atoms in total. The summed E-state index contributed by atoms with van der Waals surface area (Å²) in [4.78, 5) is 24.3. The van der Waals surface area contributed by atoms with Crippen LogP contribution in [0.2, 0.25) is 0 Å². The van der Waals surface area contributed by atoms with E-state index in [1.165, 1.54) is 0 Å². The van der Waals surface area contributed by atoms with Crippen LogP contribution in [0.3, 0.4) is 0 Å². The number of para-hydroxylation sites is 1. The van der Waals surface area contributed by atoms with Crippen molar-refractivity contribution in [3.05, 3.63) is 71.8 Å². The highest BCUT2D eigenvalue weighted by atomic mass is 31.2. The van der Waals surface area contributed by atoms with Gasteiger partial charge in [0.1, 0.15) is 18.4 Å². The van der Waals surface area contributed by atoms with E-state index in [1.807, 2.05) is 6.07 Å². The summed E-state index contributed by atoms with van der Waals surface area (Å²) in [5.74, 6) is -0.463. The number of carbonyl (C=O) groups excluding carboxylic acids is 2. The highest BCUT2D eigenvalue weighted by Gasteiger charge is 2.29. The van der Waals surface area contributed by atoms with Gasteiger partial charge in [-0.05, 0) is 57.0 Å². The molecule has 3 atom stereocenters. The third-order valence-corrected chi connectivity index (χ3v) is 7.06. The molecule has 0 bridgehead atoms. The van der Waals surface area contributed by atoms with Gasteiger partial charge in [-0.1, -0.05) is 42.0 Å². The fourth-order valence-electron chi connectivity index (χ4n) is 2.90. The number of amides is 1.